The number of thiazole rings is 2. The molecule has 1 amide bonds. The average Bonchev–Trinajstić information content (AvgIpc) is 3.12. The molecule has 2 aromatic heterocycles. The van der Waals surface area contributed by atoms with Gasteiger partial charge in [-0.3, -0.25) is 4.79 Å². The molecule has 0 aliphatic rings. The molecule has 0 fully saturated rings. The number of aliphatic carboxylic acids is 1. The highest BCUT2D eigenvalue weighted by Crippen LogP contribution is 2.41. The molecule has 0 spiro atoms. The maximum absolute atomic E-state index is 11.4. The number of primary amides is 1. The summed E-state index contributed by atoms with van der Waals surface area (Å²) in [5.41, 5.74) is 11.4. The zero-order chi connectivity index (χ0) is 18.8. The molecule has 9 nitrogen and oxygen atoms in total. The normalized spacial score (nSPS) is 12.3. The molecule has 0 bridgehead atoms. The first kappa shape index (κ1) is 18.0. The number of nitrogen functional groups attached to an aromatic ring is 1. The number of carboxylic acids is 1. The van der Waals surface area contributed by atoms with Gasteiger partial charge < -0.3 is 26.4 Å². The molecule has 1 unspecified atom stereocenters. The van der Waals surface area contributed by atoms with Gasteiger partial charge in [0, 0.05) is 6.07 Å². The summed E-state index contributed by atoms with van der Waals surface area (Å²) in [7, 11) is -0.775. The molecule has 0 saturated carbocycles. The van der Waals surface area contributed by atoms with Gasteiger partial charge in [0.05, 0.1) is 15.2 Å². The Balaban J connectivity index is 2.06. The van der Waals surface area contributed by atoms with Crippen LogP contribution in [0.2, 0.25) is 0 Å². The van der Waals surface area contributed by atoms with Crippen molar-refractivity contribution in [3.63, 3.8) is 0 Å². The van der Waals surface area contributed by atoms with Crippen LogP contribution >= 0.6 is 34.0 Å². The second-order valence-corrected chi connectivity index (χ2v) is 8.41. The molecular formula is C14H12N5O4S3+. The molecule has 3 aromatic rings. The minimum atomic E-state index is -1.36. The van der Waals surface area contributed by atoms with Crippen LogP contribution in [0, 0.1) is 3.95 Å². The number of fused-ring (bicyclic) bond motifs is 1. The van der Waals surface area contributed by atoms with E-state index in [1.54, 1.807) is 5.38 Å². The van der Waals surface area contributed by atoms with Crippen LogP contribution in [0.1, 0.15) is 5.69 Å². The van der Waals surface area contributed by atoms with Crippen LogP contribution in [0.3, 0.4) is 0 Å². The van der Waals surface area contributed by atoms with E-state index in [9.17, 15) is 14.7 Å². The van der Waals surface area contributed by atoms with Gasteiger partial charge in [0.15, 0.2) is 21.6 Å². The first-order valence-corrected chi connectivity index (χ1v) is 9.51. The van der Waals surface area contributed by atoms with Crippen molar-refractivity contribution in [1.29, 1.82) is 0 Å². The van der Waals surface area contributed by atoms with Crippen molar-refractivity contribution in [2.24, 2.45) is 10.9 Å². The molecular weight excluding hydrogens is 398 g/mol. The molecule has 1 aromatic carbocycles. The molecule has 1 atom stereocenters. The summed E-state index contributed by atoms with van der Waals surface area (Å²) in [5, 5.41) is 14.6. The summed E-state index contributed by atoms with van der Waals surface area (Å²) < 4.78 is 1.59. The van der Waals surface area contributed by atoms with Gasteiger partial charge >= 0.3 is 11.1 Å². The van der Waals surface area contributed by atoms with Crippen molar-refractivity contribution in [2.45, 2.75) is 0 Å². The van der Waals surface area contributed by atoms with E-state index < -0.39 is 34.7 Å². The summed E-state index contributed by atoms with van der Waals surface area (Å²) in [5.74, 6) is -2.14. The first-order valence-electron chi connectivity index (χ1n) is 6.99. The summed E-state index contributed by atoms with van der Waals surface area (Å²) >= 11 is 6.62. The lowest BCUT2D eigenvalue weighted by Gasteiger charge is -1.96. The van der Waals surface area contributed by atoms with E-state index in [2.05, 4.69) is 20.0 Å². The van der Waals surface area contributed by atoms with Gasteiger partial charge in [0.25, 0.3) is 5.91 Å². The Bertz CT molecular complexity index is 1100. The van der Waals surface area contributed by atoms with Gasteiger partial charge in [-0.05, 0) is 18.3 Å². The Morgan fingerprint density at radius 2 is 2.23 bits per heavy atom. The fraction of sp³-hybridized carbons (Fsp3) is 0.0714. The minimum absolute atomic E-state index is 0.0497. The van der Waals surface area contributed by atoms with Gasteiger partial charge in [-0.15, -0.1) is 11.3 Å². The van der Waals surface area contributed by atoms with Gasteiger partial charge in [0.2, 0.25) is 10.6 Å². The lowest BCUT2D eigenvalue weighted by molar-refractivity contribution is -0.130. The summed E-state index contributed by atoms with van der Waals surface area (Å²) in [6.45, 7) is -0.542. The van der Waals surface area contributed by atoms with Gasteiger partial charge in [-0.25, -0.2) is 4.79 Å². The van der Waals surface area contributed by atoms with Crippen LogP contribution in [0.4, 0.5) is 5.13 Å². The van der Waals surface area contributed by atoms with E-state index >= 15 is 0 Å². The van der Waals surface area contributed by atoms with E-state index in [1.165, 1.54) is 11.3 Å². The van der Waals surface area contributed by atoms with Crippen molar-refractivity contribution in [3.8, 4) is 4.90 Å². The zero-order valence-electron chi connectivity index (χ0n) is 13.0. The number of hydrogen-bond donors (Lipinski definition) is 4. The number of carbonyl (C=O) groups is 2. The monoisotopic (exact) mass is 410 g/mol. The Morgan fingerprint density at radius 3 is 2.92 bits per heavy atom. The maximum Gasteiger partial charge on any atom is 0.360 e. The Labute approximate surface area is 157 Å². The number of anilines is 1. The highest BCUT2D eigenvalue weighted by molar-refractivity contribution is 7.73. The van der Waals surface area contributed by atoms with Crippen molar-refractivity contribution < 1.29 is 19.5 Å². The number of amides is 1. The lowest BCUT2D eigenvalue weighted by atomic mass is 10.3. The number of carbonyl (C=O) groups excluding carboxylic acids is 1. The second-order valence-electron chi connectivity index (χ2n) is 4.92. The molecule has 0 aliphatic heterocycles. The maximum atomic E-state index is 11.4. The number of aromatic amines is 1. The van der Waals surface area contributed by atoms with E-state index in [0.29, 0.717) is 3.95 Å². The van der Waals surface area contributed by atoms with Crippen molar-refractivity contribution in [1.82, 2.24) is 9.97 Å². The molecule has 134 valence electrons. The quantitative estimate of drug-likeness (QED) is 0.209. The molecule has 0 radical (unpaired) electrons. The number of nitrogens with two attached hydrogens (primary N) is 2. The van der Waals surface area contributed by atoms with E-state index in [1.807, 2.05) is 18.2 Å². The average molecular weight is 410 g/mol. The number of hydrogen-bond acceptors (Lipinski definition) is 8. The van der Waals surface area contributed by atoms with Gasteiger partial charge in [-0.2, -0.15) is 4.98 Å². The Morgan fingerprint density at radius 1 is 1.46 bits per heavy atom. The predicted octanol–water partition coefficient (Wildman–Crippen LogP) is 1.96. The van der Waals surface area contributed by atoms with E-state index in [0.717, 1.165) is 15.1 Å². The highest BCUT2D eigenvalue weighted by atomic mass is 32.2. The fourth-order valence-corrected chi connectivity index (χ4v) is 5.00. The van der Waals surface area contributed by atoms with Crippen LogP contribution in [-0.4, -0.2) is 39.3 Å². The fourth-order valence-electron chi connectivity index (χ4n) is 2.14. The topological polar surface area (TPSA) is 157 Å². The third kappa shape index (κ3) is 3.56. The van der Waals surface area contributed by atoms with Crippen LogP contribution in [0.15, 0.2) is 28.7 Å². The Kier molecular flexibility index (Phi) is 4.97. The van der Waals surface area contributed by atoms with Crippen LogP contribution in [-0.2, 0) is 14.4 Å². The molecule has 3 rings (SSSR count). The number of nitrogens with zero attached hydrogens (tertiary/aromatic N) is 2. The molecule has 0 aliphatic carbocycles. The van der Waals surface area contributed by atoms with E-state index in [4.69, 9.17) is 23.7 Å². The molecule has 0 saturated heterocycles. The van der Waals surface area contributed by atoms with Crippen LogP contribution in [0.25, 0.3) is 15.1 Å². The van der Waals surface area contributed by atoms with Crippen molar-refractivity contribution >= 4 is 67.0 Å². The summed E-state index contributed by atoms with van der Waals surface area (Å²) in [6, 6.07) is 5.66. The van der Waals surface area contributed by atoms with Crippen molar-refractivity contribution in [2.75, 3.05) is 12.3 Å². The lowest BCUT2D eigenvalue weighted by Crippen LogP contribution is -2.19. The summed E-state index contributed by atoms with van der Waals surface area (Å²) in [6.07, 6.45) is 0. The minimum Gasteiger partial charge on any atom is -0.476 e. The predicted molar refractivity (Wildman–Crippen MR) is 102 cm³/mol. The van der Waals surface area contributed by atoms with Crippen LogP contribution < -0.4 is 11.5 Å². The number of nitrogens with one attached hydrogen (secondary N) is 1. The second kappa shape index (κ2) is 7.19. The number of oxime groups is 1. The highest BCUT2D eigenvalue weighted by Gasteiger charge is 2.28. The number of para-hydroxylation sites is 1. The molecule has 12 heteroatoms. The number of benzene rings is 1. The SMILES string of the molecule is NC(=O)CO/N=C(\C(=O)O)c1c[s+](-c2cccc3sc(=S)[nH]c23)c(N)n1. The zero-order valence-corrected chi connectivity index (χ0v) is 15.4. The third-order valence-electron chi connectivity index (χ3n) is 3.15. The number of carboxylic acid groups (broad SMARTS) is 1. The van der Waals surface area contributed by atoms with Crippen molar-refractivity contribution in [3.05, 3.63) is 33.2 Å². The Hall–Kier alpha value is -2.83. The number of H-pyrrole nitrogens is 1. The molecule has 26 heavy (non-hydrogen) atoms. The largest absolute Gasteiger partial charge is 0.476 e. The van der Waals surface area contributed by atoms with Crippen LogP contribution in [0.5, 0.6) is 0 Å². The number of aromatic nitrogens is 2. The van der Waals surface area contributed by atoms with Gasteiger partial charge in [-0.1, -0.05) is 11.2 Å². The number of rotatable bonds is 6. The first-order chi connectivity index (χ1) is 12.4. The summed E-state index contributed by atoms with van der Waals surface area (Å²) in [4.78, 5) is 34.8. The molecule has 2 heterocycles. The van der Waals surface area contributed by atoms with Gasteiger partial charge in [0.1, 0.15) is 5.52 Å². The third-order valence-corrected chi connectivity index (χ3v) is 6.16. The smallest absolute Gasteiger partial charge is 0.360 e. The molecule has 6 N–H and O–H groups in total. The van der Waals surface area contributed by atoms with E-state index in [-0.39, 0.29) is 10.8 Å². The standard InChI is InChI=1S/C14H11N5O4S3/c15-9(20)4-23-19-10(12(21)22)6-5-26(13(16)17-6)8-3-1-2-7-11(8)18-14(24)25-7/h1-3,5H,4H2,(H5-,15,16,17,18,20,21,22,24)/p+1/b19-10-.